The minimum atomic E-state index is -0.902. The first-order valence-electron chi connectivity index (χ1n) is 8.13. The Morgan fingerprint density at radius 3 is 2.38 bits per heavy atom. The van der Waals surface area contributed by atoms with E-state index in [4.69, 9.17) is 9.84 Å². The van der Waals surface area contributed by atoms with E-state index in [9.17, 15) is 4.79 Å². The fourth-order valence-corrected chi connectivity index (χ4v) is 2.44. The van der Waals surface area contributed by atoms with Crippen LogP contribution in [0.15, 0.2) is 48.5 Å². The number of nitrogens with one attached hydrogen (secondary N) is 1. The van der Waals surface area contributed by atoms with E-state index >= 15 is 0 Å². The predicted octanol–water partition coefficient (Wildman–Crippen LogP) is 3.85. The number of hydrogen-bond donors (Lipinski definition) is 2. The Labute approximate surface area is 143 Å². The van der Waals surface area contributed by atoms with Crippen LogP contribution in [0.25, 0.3) is 0 Å². The molecule has 2 aromatic rings. The molecule has 0 saturated heterocycles. The minimum absolute atomic E-state index is 0.0515. The number of carboxylic acids is 1. The molecule has 0 spiro atoms. The summed E-state index contributed by atoms with van der Waals surface area (Å²) in [6, 6.07) is 15.0. The highest BCUT2D eigenvalue weighted by atomic mass is 16.5. The van der Waals surface area contributed by atoms with E-state index in [1.54, 1.807) is 12.1 Å². The number of para-hydroxylation sites is 1. The van der Waals surface area contributed by atoms with Gasteiger partial charge in [0.15, 0.2) is 0 Å². The summed E-state index contributed by atoms with van der Waals surface area (Å²) in [5, 5.41) is 12.2. The largest absolute Gasteiger partial charge is 0.492 e. The minimum Gasteiger partial charge on any atom is -0.492 e. The van der Waals surface area contributed by atoms with Gasteiger partial charge in [-0.05, 0) is 34.7 Å². The lowest BCUT2D eigenvalue weighted by atomic mass is 9.86. The van der Waals surface area contributed by atoms with E-state index < -0.39 is 5.97 Å². The molecule has 128 valence electrons. The molecule has 0 aliphatic carbocycles. The molecule has 2 aromatic carbocycles. The summed E-state index contributed by atoms with van der Waals surface area (Å²) in [7, 11) is 0. The van der Waals surface area contributed by atoms with Crippen molar-refractivity contribution in [1.29, 1.82) is 0 Å². The molecule has 0 aromatic heterocycles. The molecule has 2 rings (SSSR count). The molecule has 0 aliphatic heterocycles. The molecule has 0 bridgehead atoms. The fourth-order valence-electron chi connectivity index (χ4n) is 2.44. The summed E-state index contributed by atoms with van der Waals surface area (Å²) < 4.78 is 5.91. The highest BCUT2D eigenvalue weighted by Crippen LogP contribution is 2.30. The fraction of sp³-hybridized carbons (Fsp3) is 0.350. The third-order valence-electron chi connectivity index (χ3n) is 3.76. The molecule has 4 nitrogen and oxygen atoms in total. The number of carboxylic acid groups (broad SMARTS) is 1. The molecule has 24 heavy (non-hydrogen) atoms. The normalized spacial score (nSPS) is 11.3. The van der Waals surface area contributed by atoms with Crippen LogP contribution >= 0.6 is 0 Å². The van der Waals surface area contributed by atoms with Gasteiger partial charge in [0.2, 0.25) is 0 Å². The van der Waals surface area contributed by atoms with E-state index in [-0.39, 0.29) is 5.41 Å². The van der Waals surface area contributed by atoms with Gasteiger partial charge in [-0.25, -0.2) is 4.79 Å². The van der Waals surface area contributed by atoms with Crippen LogP contribution in [-0.2, 0) is 12.0 Å². The smallest absolute Gasteiger partial charge is 0.335 e. The van der Waals surface area contributed by atoms with Crippen molar-refractivity contribution in [3.63, 3.8) is 0 Å². The molecule has 0 heterocycles. The summed E-state index contributed by atoms with van der Waals surface area (Å²) >= 11 is 0. The van der Waals surface area contributed by atoms with Crippen LogP contribution in [0, 0.1) is 0 Å². The average molecular weight is 327 g/mol. The summed E-state index contributed by atoms with van der Waals surface area (Å²) in [5.41, 5.74) is 2.61. The molecule has 0 aliphatic rings. The van der Waals surface area contributed by atoms with Gasteiger partial charge in [0.05, 0.1) is 5.56 Å². The molecular weight excluding hydrogens is 302 g/mol. The Bertz CT molecular complexity index is 672. The summed E-state index contributed by atoms with van der Waals surface area (Å²) in [6.45, 7) is 8.51. The van der Waals surface area contributed by atoms with Crippen LogP contribution in [0.2, 0.25) is 0 Å². The van der Waals surface area contributed by atoms with Crippen molar-refractivity contribution >= 4 is 5.97 Å². The molecule has 0 saturated carbocycles. The maximum absolute atomic E-state index is 10.8. The van der Waals surface area contributed by atoms with Crippen LogP contribution < -0.4 is 10.1 Å². The Morgan fingerprint density at radius 1 is 1.08 bits per heavy atom. The van der Waals surface area contributed by atoms with Gasteiger partial charge in [0.25, 0.3) is 0 Å². The zero-order chi connectivity index (χ0) is 17.6. The number of carbonyl (C=O) groups is 1. The van der Waals surface area contributed by atoms with Gasteiger partial charge in [-0.2, -0.15) is 0 Å². The first-order valence-corrected chi connectivity index (χ1v) is 8.13. The van der Waals surface area contributed by atoms with Crippen LogP contribution in [-0.4, -0.2) is 24.2 Å². The van der Waals surface area contributed by atoms with Crippen molar-refractivity contribution in [3.8, 4) is 5.75 Å². The second-order valence-corrected chi connectivity index (χ2v) is 6.77. The molecular formula is C20H25NO3. The zero-order valence-electron chi connectivity index (χ0n) is 14.5. The van der Waals surface area contributed by atoms with E-state index in [1.165, 1.54) is 5.56 Å². The van der Waals surface area contributed by atoms with Gasteiger partial charge in [0.1, 0.15) is 12.4 Å². The molecule has 0 fully saturated rings. The molecule has 0 unspecified atom stereocenters. The second-order valence-electron chi connectivity index (χ2n) is 6.77. The predicted molar refractivity (Wildman–Crippen MR) is 95.7 cm³/mol. The first kappa shape index (κ1) is 18.0. The SMILES string of the molecule is CC(C)(C)c1ccccc1OCCNCc1ccc(C(=O)O)cc1. The molecule has 0 atom stereocenters. The van der Waals surface area contributed by atoms with E-state index in [0.29, 0.717) is 18.7 Å². The van der Waals surface area contributed by atoms with Gasteiger partial charge in [-0.15, -0.1) is 0 Å². The van der Waals surface area contributed by atoms with E-state index in [1.807, 2.05) is 30.3 Å². The molecule has 4 heteroatoms. The van der Waals surface area contributed by atoms with Gasteiger partial charge in [0, 0.05) is 13.1 Å². The number of aromatic carboxylic acids is 1. The Kier molecular flexibility index (Phi) is 5.99. The maximum atomic E-state index is 10.8. The lowest BCUT2D eigenvalue weighted by molar-refractivity contribution is 0.0697. The Hall–Kier alpha value is -2.33. The first-order chi connectivity index (χ1) is 11.4. The van der Waals surface area contributed by atoms with Crippen molar-refractivity contribution in [2.45, 2.75) is 32.7 Å². The van der Waals surface area contributed by atoms with Gasteiger partial charge in [-0.3, -0.25) is 0 Å². The zero-order valence-corrected chi connectivity index (χ0v) is 14.5. The number of benzene rings is 2. The van der Waals surface area contributed by atoms with Crippen molar-refractivity contribution in [2.75, 3.05) is 13.2 Å². The average Bonchev–Trinajstić information content (AvgIpc) is 2.54. The van der Waals surface area contributed by atoms with Crippen molar-refractivity contribution in [1.82, 2.24) is 5.32 Å². The van der Waals surface area contributed by atoms with Crippen LogP contribution in [0.5, 0.6) is 5.75 Å². The second kappa shape index (κ2) is 7.97. The highest BCUT2D eigenvalue weighted by molar-refractivity contribution is 5.87. The maximum Gasteiger partial charge on any atom is 0.335 e. The number of rotatable bonds is 7. The van der Waals surface area contributed by atoms with Crippen molar-refractivity contribution in [3.05, 3.63) is 65.2 Å². The molecule has 2 N–H and O–H groups in total. The topological polar surface area (TPSA) is 58.6 Å². The third kappa shape index (κ3) is 5.10. The summed E-state index contributed by atoms with van der Waals surface area (Å²) in [5.74, 6) is 0.0260. The van der Waals surface area contributed by atoms with E-state index in [0.717, 1.165) is 17.9 Å². The number of hydrogen-bond acceptors (Lipinski definition) is 3. The Morgan fingerprint density at radius 2 is 1.75 bits per heavy atom. The quantitative estimate of drug-likeness (QED) is 0.758. The lowest BCUT2D eigenvalue weighted by Crippen LogP contribution is -2.22. The van der Waals surface area contributed by atoms with Crippen LogP contribution in [0.3, 0.4) is 0 Å². The highest BCUT2D eigenvalue weighted by Gasteiger charge is 2.18. The van der Waals surface area contributed by atoms with Crippen LogP contribution in [0.4, 0.5) is 0 Å². The lowest BCUT2D eigenvalue weighted by Gasteiger charge is -2.22. The molecule has 0 amide bonds. The molecule has 0 radical (unpaired) electrons. The monoisotopic (exact) mass is 327 g/mol. The van der Waals surface area contributed by atoms with E-state index in [2.05, 4.69) is 32.2 Å². The standard InChI is InChI=1S/C20H25NO3/c1-20(2,3)17-6-4-5-7-18(17)24-13-12-21-14-15-8-10-16(11-9-15)19(22)23/h4-11,21H,12-14H2,1-3H3,(H,22,23). The van der Waals surface area contributed by atoms with Crippen molar-refractivity contribution < 1.29 is 14.6 Å². The van der Waals surface area contributed by atoms with Gasteiger partial charge in [-0.1, -0.05) is 51.1 Å². The Balaban J connectivity index is 1.79. The van der Waals surface area contributed by atoms with Gasteiger partial charge < -0.3 is 15.2 Å². The summed E-state index contributed by atoms with van der Waals surface area (Å²) in [4.78, 5) is 10.8. The van der Waals surface area contributed by atoms with Crippen LogP contribution in [0.1, 0.15) is 42.3 Å². The van der Waals surface area contributed by atoms with Crippen molar-refractivity contribution in [2.24, 2.45) is 0 Å². The summed E-state index contributed by atoms with van der Waals surface area (Å²) in [6.07, 6.45) is 0. The van der Waals surface area contributed by atoms with Gasteiger partial charge >= 0.3 is 5.97 Å². The third-order valence-corrected chi connectivity index (χ3v) is 3.76. The number of ether oxygens (including phenoxy) is 1.